The Labute approximate surface area is 117 Å². The lowest BCUT2D eigenvalue weighted by molar-refractivity contribution is 0.0702. The zero-order chi connectivity index (χ0) is 13.0. The van der Waals surface area contributed by atoms with Crippen LogP contribution in [-0.2, 0) is 0 Å². The van der Waals surface area contributed by atoms with Crippen LogP contribution in [0.3, 0.4) is 0 Å². The van der Waals surface area contributed by atoms with E-state index >= 15 is 0 Å². The maximum Gasteiger partial charge on any atom is 0.255 e. The highest BCUT2D eigenvalue weighted by Crippen LogP contribution is 2.22. The van der Waals surface area contributed by atoms with Gasteiger partial charge in [-0.3, -0.25) is 4.79 Å². The minimum Gasteiger partial charge on any atom is -0.336 e. The van der Waals surface area contributed by atoms with E-state index in [2.05, 4.69) is 35.5 Å². The van der Waals surface area contributed by atoms with E-state index in [0.29, 0.717) is 10.5 Å². The SMILES string of the molecule is CCCN(C(=O)c1ccc(Br)cc1S)C(C)C. The van der Waals surface area contributed by atoms with Crippen molar-refractivity contribution in [2.24, 2.45) is 0 Å². The number of carbonyl (C=O) groups is 1. The first kappa shape index (κ1) is 14.6. The van der Waals surface area contributed by atoms with Gasteiger partial charge in [-0.2, -0.15) is 0 Å². The van der Waals surface area contributed by atoms with Crippen molar-refractivity contribution < 1.29 is 4.79 Å². The highest BCUT2D eigenvalue weighted by molar-refractivity contribution is 9.10. The lowest BCUT2D eigenvalue weighted by Gasteiger charge is -2.26. The van der Waals surface area contributed by atoms with Crippen LogP contribution in [0.15, 0.2) is 27.6 Å². The molecule has 0 aliphatic rings. The van der Waals surface area contributed by atoms with E-state index < -0.39 is 0 Å². The molecule has 0 aliphatic heterocycles. The minimum atomic E-state index is 0.0550. The second kappa shape index (κ2) is 6.45. The van der Waals surface area contributed by atoms with Crippen LogP contribution in [0.2, 0.25) is 0 Å². The molecular weight excluding hydrogens is 298 g/mol. The maximum atomic E-state index is 12.4. The van der Waals surface area contributed by atoms with Gasteiger partial charge in [0.2, 0.25) is 0 Å². The monoisotopic (exact) mass is 315 g/mol. The number of rotatable bonds is 4. The highest BCUT2D eigenvalue weighted by Gasteiger charge is 2.19. The molecule has 1 aromatic carbocycles. The Bertz CT molecular complexity index is 406. The maximum absolute atomic E-state index is 12.4. The van der Waals surface area contributed by atoms with Crippen LogP contribution < -0.4 is 0 Å². The number of amides is 1. The normalized spacial score (nSPS) is 10.7. The molecular formula is C13H18BrNOS. The fourth-order valence-corrected chi connectivity index (χ4v) is 2.52. The number of hydrogen-bond acceptors (Lipinski definition) is 2. The van der Waals surface area contributed by atoms with E-state index in [-0.39, 0.29) is 11.9 Å². The standard InChI is InChI=1S/C13H18BrNOS/c1-4-7-15(9(2)3)13(16)11-6-5-10(14)8-12(11)17/h5-6,8-9,17H,4,7H2,1-3H3. The molecule has 0 spiro atoms. The zero-order valence-corrected chi connectivity index (χ0v) is 12.9. The lowest BCUT2D eigenvalue weighted by Crippen LogP contribution is -2.37. The van der Waals surface area contributed by atoms with Gasteiger partial charge in [-0.1, -0.05) is 22.9 Å². The summed E-state index contributed by atoms with van der Waals surface area (Å²) >= 11 is 7.73. The largest absolute Gasteiger partial charge is 0.336 e. The molecule has 0 saturated heterocycles. The van der Waals surface area contributed by atoms with Crippen molar-refractivity contribution in [3.63, 3.8) is 0 Å². The Morgan fingerprint density at radius 2 is 2.12 bits per heavy atom. The molecule has 1 amide bonds. The first-order chi connectivity index (χ1) is 7.97. The fraction of sp³-hybridized carbons (Fsp3) is 0.462. The Kier molecular flexibility index (Phi) is 5.53. The average Bonchev–Trinajstić information content (AvgIpc) is 2.24. The molecule has 17 heavy (non-hydrogen) atoms. The third-order valence-electron chi connectivity index (χ3n) is 2.54. The molecule has 0 bridgehead atoms. The van der Waals surface area contributed by atoms with Crippen molar-refractivity contribution in [3.8, 4) is 0 Å². The molecule has 94 valence electrons. The smallest absolute Gasteiger partial charge is 0.255 e. The summed E-state index contributed by atoms with van der Waals surface area (Å²) in [6.45, 7) is 6.92. The molecule has 0 radical (unpaired) electrons. The van der Waals surface area contributed by atoms with Crippen molar-refractivity contribution in [2.75, 3.05) is 6.54 Å². The van der Waals surface area contributed by atoms with Gasteiger partial charge in [0.1, 0.15) is 0 Å². The summed E-state index contributed by atoms with van der Waals surface area (Å²) in [5.74, 6) is 0.0550. The Hall–Kier alpha value is -0.480. The first-order valence-electron chi connectivity index (χ1n) is 5.76. The predicted molar refractivity (Wildman–Crippen MR) is 77.9 cm³/mol. The summed E-state index contributed by atoms with van der Waals surface area (Å²) in [6.07, 6.45) is 0.961. The second-order valence-corrected chi connectivity index (χ2v) is 5.65. The van der Waals surface area contributed by atoms with Gasteiger partial charge in [0.15, 0.2) is 0 Å². The van der Waals surface area contributed by atoms with Crippen LogP contribution in [0.4, 0.5) is 0 Å². The van der Waals surface area contributed by atoms with Gasteiger partial charge < -0.3 is 4.90 Å². The van der Waals surface area contributed by atoms with E-state index in [0.717, 1.165) is 17.4 Å². The molecule has 4 heteroatoms. The number of nitrogens with zero attached hydrogens (tertiary/aromatic N) is 1. The van der Waals surface area contributed by atoms with Gasteiger partial charge >= 0.3 is 0 Å². The van der Waals surface area contributed by atoms with E-state index in [1.54, 1.807) is 0 Å². The molecule has 0 saturated carbocycles. The number of benzene rings is 1. The van der Waals surface area contributed by atoms with Gasteiger partial charge in [-0.25, -0.2) is 0 Å². The Morgan fingerprint density at radius 3 is 2.59 bits per heavy atom. The molecule has 2 nitrogen and oxygen atoms in total. The number of halogens is 1. The lowest BCUT2D eigenvalue weighted by atomic mass is 10.1. The van der Waals surface area contributed by atoms with Crippen molar-refractivity contribution in [3.05, 3.63) is 28.2 Å². The van der Waals surface area contributed by atoms with Gasteiger partial charge in [0.05, 0.1) is 5.56 Å². The van der Waals surface area contributed by atoms with E-state index in [1.165, 1.54) is 0 Å². The molecule has 0 unspecified atom stereocenters. The van der Waals surface area contributed by atoms with Crippen molar-refractivity contribution >= 4 is 34.5 Å². The van der Waals surface area contributed by atoms with Crippen molar-refractivity contribution in [2.45, 2.75) is 38.1 Å². The Morgan fingerprint density at radius 1 is 1.47 bits per heavy atom. The summed E-state index contributed by atoms with van der Waals surface area (Å²) < 4.78 is 0.936. The number of hydrogen-bond donors (Lipinski definition) is 1. The molecule has 0 fully saturated rings. The van der Waals surface area contributed by atoms with Crippen LogP contribution in [0.5, 0.6) is 0 Å². The fourth-order valence-electron chi connectivity index (χ4n) is 1.68. The molecule has 0 aliphatic carbocycles. The van der Waals surface area contributed by atoms with E-state index in [4.69, 9.17) is 0 Å². The molecule has 0 N–H and O–H groups in total. The van der Waals surface area contributed by atoms with Crippen molar-refractivity contribution in [1.82, 2.24) is 4.90 Å². The molecule has 0 atom stereocenters. The third kappa shape index (κ3) is 3.75. The molecule has 1 aromatic rings. The quantitative estimate of drug-likeness (QED) is 0.833. The van der Waals surface area contributed by atoms with Crippen LogP contribution in [0.25, 0.3) is 0 Å². The summed E-state index contributed by atoms with van der Waals surface area (Å²) in [7, 11) is 0. The van der Waals surface area contributed by atoms with Gasteiger partial charge in [0, 0.05) is 22.0 Å². The number of thiol groups is 1. The van der Waals surface area contributed by atoms with Crippen LogP contribution in [0, 0.1) is 0 Å². The van der Waals surface area contributed by atoms with Crippen LogP contribution >= 0.6 is 28.6 Å². The van der Waals surface area contributed by atoms with E-state index in [1.807, 2.05) is 36.9 Å². The van der Waals surface area contributed by atoms with E-state index in [9.17, 15) is 4.79 Å². The minimum absolute atomic E-state index is 0.0550. The average molecular weight is 316 g/mol. The first-order valence-corrected chi connectivity index (χ1v) is 7.00. The van der Waals surface area contributed by atoms with Crippen LogP contribution in [0.1, 0.15) is 37.6 Å². The Balaban J connectivity index is 3.01. The van der Waals surface area contributed by atoms with Gasteiger partial charge in [-0.15, -0.1) is 12.6 Å². The molecule has 0 heterocycles. The molecule has 0 aromatic heterocycles. The number of carbonyl (C=O) groups excluding carboxylic acids is 1. The highest BCUT2D eigenvalue weighted by atomic mass is 79.9. The second-order valence-electron chi connectivity index (χ2n) is 4.25. The summed E-state index contributed by atoms with van der Waals surface area (Å²) in [6, 6.07) is 5.75. The zero-order valence-electron chi connectivity index (χ0n) is 10.4. The third-order valence-corrected chi connectivity index (χ3v) is 3.40. The summed E-state index contributed by atoms with van der Waals surface area (Å²) in [5, 5.41) is 0. The summed E-state index contributed by atoms with van der Waals surface area (Å²) in [4.78, 5) is 15.0. The van der Waals surface area contributed by atoms with Crippen LogP contribution in [-0.4, -0.2) is 23.4 Å². The molecule has 1 rings (SSSR count). The predicted octanol–water partition coefficient (Wildman–Crippen LogP) is 4.00. The summed E-state index contributed by atoms with van der Waals surface area (Å²) in [5.41, 5.74) is 0.665. The van der Waals surface area contributed by atoms with Gasteiger partial charge in [0.25, 0.3) is 5.91 Å². The topological polar surface area (TPSA) is 20.3 Å². The van der Waals surface area contributed by atoms with Gasteiger partial charge in [-0.05, 0) is 38.5 Å². The van der Waals surface area contributed by atoms with Crippen molar-refractivity contribution in [1.29, 1.82) is 0 Å².